The minimum Gasteiger partial charge on any atom is -0.373 e. The smallest absolute Gasteiger partial charge is 0.228 e. The average molecular weight is 429 g/mol. The molecule has 0 spiro atoms. The van der Waals surface area contributed by atoms with Crippen LogP contribution in [0.5, 0.6) is 0 Å². The van der Waals surface area contributed by atoms with E-state index >= 15 is 0 Å². The van der Waals surface area contributed by atoms with Gasteiger partial charge in [-0.2, -0.15) is 0 Å². The van der Waals surface area contributed by atoms with Gasteiger partial charge in [-0.3, -0.25) is 9.59 Å². The van der Waals surface area contributed by atoms with Crippen molar-refractivity contribution >= 4 is 45.9 Å². The van der Waals surface area contributed by atoms with Gasteiger partial charge in [0.15, 0.2) is 5.78 Å². The third-order valence-electron chi connectivity index (χ3n) is 5.42. The van der Waals surface area contributed by atoms with Crippen molar-refractivity contribution in [3.63, 3.8) is 0 Å². The van der Waals surface area contributed by atoms with E-state index in [1.165, 1.54) is 0 Å². The molecule has 0 atom stereocenters. The van der Waals surface area contributed by atoms with Crippen molar-refractivity contribution < 1.29 is 9.59 Å². The summed E-state index contributed by atoms with van der Waals surface area (Å²) in [6.45, 7) is 0. The molecule has 3 aromatic rings. The number of pyridine rings is 2. The van der Waals surface area contributed by atoms with Crippen molar-refractivity contribution in [2.24, 2.45) is 5.92 Å². The molecule has 0 bridgehead atoms. The number of ketones is 1. The summed E-state index contributed by atoms with van der Waals surface area (Å²) >= 11 is 1.71. The van der Waals surface area contributed by atoms with E-state index in [0.29, 0.717) is 18.1 Å². The van der Waals surface area contributed by atoms with Crippen LogP contribution in [0.15, 0.2) is 41.6 Å². The van der Waals surface area contributed by atoms with E-state index in [-0.39, 0.29) is 17.6 Å². The second-order valence-corrected chi connectivity index (χ2v) is 8.77. The third kappa shape index (κ3) is 3.99. The summed E-state index contributed by atoms with van der Waals surface area (Å²) < 4.78 is 0. The quantitative estimate of drug-likeness (QED) is 0.611. The Morgan fingerprint density at radius 1 is 1.13 bits per heavy atom. The van der Waals surface area contributed by atoms with Crippen LogP contribution in [0.3, 0.4) is 0 Å². The Balaban J connectivity index is 1.53. The van der Waals surface area contributed by atoms with Crippen LogP contribution in [0.2, 0.25) is 0 Å². The van der Waals surface area contributed by atoms with Gasteiger partial charge in [0.1, 0.15) is 11.6 Å². The summed E-state index contributed by atoms with van der Waals surface area (Å²) in [6, 6.07) is 7.63. The van der Waals surface area contributed by atoms with Gasteiger partial charge in [0.25, 0.3) is 0 Å². The Hall–Kier alpha value is -3.37. The number of hydrogen-bond acceptors (Lipinski definition) is 6. The first-order chi connectivity index (χ1) is 15.1. The van der Waals surface area contributed by atoms with Gasteiger partial charge in [0.2, 0.25) is 5.91 Å². The van der Waals surface area contributed by atoms with E-state index in [9.17, 15) is 9.59 Å². The SMILES string of the molecule is CNc1ncc(C#Cc2ccc3c(c2)C(=O)CCS3)c2cc(NC(=O)C3CC3)ncc12. The number of carbonyl (C=O) groups is 2. The van der Waals surface area contributed by atoms with Crippen molar-refractivity contribution in [2.75, 3.05) is 23.4 Å². The monoisotopic (exact) mass is 428 g/mol. The Kier molecular flexibility index (Phi) is 5.08. The van der Waals surface area contributed by atoms with Crippen molar-refractivity contribution in [3.05, 3.63) is 53.3 Å². The van der Waals surface area contributed by atoms with Crippen LogP contribution in [0.1, 0.15) is 40.7 Å². The van der Waals surface area contributed by atoms with E-state index in [4.69, 9.17) is 0 Å². The molecule has 1 fully saturated rings. The lowest BCUT2D eigenvalue weighted by Gasteiger charge is -2.13. The lowest BCUT2D eigenvalue weighted by molar-refractivity contribution is -0.117. The fourth-order valence-electron chi connectivity index (χ4n) is 3.56. The molecule has 31 heavy (non-hydrogen) atoms. The lowest BCUT2D eigenvalue weighted by Crippen LogP contribution is -2.14. The molecule has 0 saturated heterocycles. The highest BCUT2D eigenvalue weighted by Gasteiger charge is 2.29. The molecule has 2 aromatic heterocycles. The van der Waals surface area contributed by atoms with Crippen molar-refractivity contribution in [3.8, 4) is 11.8 Å². The molecular weight excluding hydrogens is 408 g/mol. The Labute approximate surface area is 184 Å². The first kappa shape index (κ1) is 19.6. The van der Waals surface area contributed by atoms with Gasteiger partial charge in [-0.1, -0.05) is 11.8 Å². The summed E-state index contributed by atoms with van der Waals surface area (Å²) in [4.78, 5) is 34.2. The number of hydrogen-bond donors (Lipinski definition) is 2. The number of thioether (sulfide) groups is 1. The molecule has 0 radical (unpaired) electrons. The largest absolute Gasteiger partial charge is 0.373 e. The summed E-state index contributed by atoms with van der Waals surface area (Å²) in [5, 5.41) is 7.65. The molecule has 154 valence electrons. The average Bonchev–Trinajstić information content (AvgIpc) is 3.63. The molecule has 3 heterocycles. The van der Waals surface area contributed by atoms with E-state index in [1.807, 2.05) is 24.3 Å². The number of fused-ring (bicyclic) bond motifs is 2. The van der Waals surface area contributed by atoms with E-state index in [1.54, 1.807) is 31.2 Å². The van der Waals surface area contributed by atoms with Crippen LogP contribution in [-0.4, -0.2) is 34.5 Å². The number of aromatic nitrogens is 2. The van der Waals surface area contributed by atoms with Crippen LogP contribution in [0, 0.1) is 17.8 Å². The van der Waals surface area contributed by atoms with Crippen molar-refractivity contribution in [1.82, 2.24) is 9.97 Å². The molecule has 2 aliphatic rings. The van der Waals surface area contributed by atoms with Crippen molar-refractivity contribution in [2.45, 2.75) is 24.2 Å². The molecule has 1 aromatic carbocycles. The van der Waals surface area contributed by atoms with Crippen LogP contribution in [0.4, 0.5) is 11.6 Å². The van der Waals surface area contributed by atoms with Crippen LogP contribution in [-0.2, 0) is 4.79 Å². The first-order valence-electron chi connectivity index (χ1n) is 10.2. The minimum atomic E-state index is 0.0129. The Morgan fingerprint density at radius 3 is 2.81 bits per heavy atom. The number of benzene rings is 1. The van der Waals surface area contributed by atoms with Gasteiger partial charge >= 0.3 is 0 Å². The number of anilines is 2. The van der Waals surface area contributed by atoms with Gasteiger partial charge in [-0.25, -0.2) is 9.97 Å². The highest BCUT2D eigenvalue weighted by molar-refractivity contribution is 7.99. The van der Waals surface area contributed by atoms with E-state index < -0.39 is 0 Å². The number of carbonyl (C=O) groups excluding carboxylic acids is 2. The Bertz CT molecular complexity index is 1290. The fourth-order valence-corrected chi connectivity index (χ4v) is 4.56. The van der Waals surface area contributed by atoms with E-state index in [2.05, 4.69) is 32.4 Å². The molecule has 1 aliphatic carbocycles. The zero-order valence-corrected chi connectivity index (χ0v) is 17.8. The zero-order valence-electron chi connectivity index (χ0n) is 17.0. The Morgan fingerprint density at radius 2 is 2.00 bits per heavy atom. The summed E-state index contributed by atoms with van der Waals surface area (Å²) in [5.41, 5.74) is 2.28. The molecule has 6 nitrogen and oxygen atoms in total. The second kappa shape index (κ2) is 8.05. The van der Waals surface area contributed by atoms with Gasteiger partial charge in [-0.05, 0) is 37.1 Å². The molecule has 7 heteroatoms. The standard InChI is InChI=1S/C24H20N4O2S/c1-25-23-19-13-26-22(28-24(30)15-5-6-15)11-17(19)16(12-27-23)4-2-14-3-7-21-18(10-14)20(29)8-9-31-21/h3,7,10-13,15H,5-6,8-9H2,1H3,(H,25,27)(H,26,28,30). The molecular formula is C24H20N4O2S. The minimum absolute atomic E-state index is 0.0129. The topological polar surface area (TPSA) is 84.0 Å². The van der Waals surface area contributed by atoms with Crippen LogP contribution >= 0.6 is 11.8 Å². The second-order valence-electron chi connectivity index (χ2n) is 7.63. The molecule has 1 aliphatic heterocycles. The zero-order chi connectivity index (χ0) is 21.4. The number of nitrogens with one attached hydrogen (secondary N) is 2. The predicted molar refractivity (Wildman–Crippen MR) is 123 cm³/mol. The number of nitrogens with zero attached hydrogens (tertiary/aromatic N) is 2. The fraction of sp³-hybridized carbons (Fsp3) is 0.250. The molecule has 5 rings (SSSR count). The predicted octanol–water partition coefficient (Wildman–Crippen LogP) is 4.10. The van der Waals surface area contributed by atoms with Crippen LogP contribution in [0.25, 0.3) is 10.8 Å². The molecule has 1 amide bonds. The van der Waals surface area contributed by atoms with Crippen molar-refractivity contribution in [1.29, 1.82) is 0 Å². The van der Waals surface area contributed by atoms with Gasteiger partial charge in [0.05, 0.1) is 5.56 Å². The lowest BCUT2D eigenvalue weighted by atomic mass is 10.0. The number of amides is 1. The number of rotatable bonds is 3. The summed E-state index contributed by atoms with van der Waals surface area (Å²) in [6.07, 6.45) is 5.86. The third-order valence-corrected chi connectivity index (χ3v) is 6.49. The normalized spacial score (nSPS) is 15.1. The van der Waals surface area contributed by atoms with Gasteiger partial charge in [-0.15, -0.1) is 11.8 Å². The maximum Gasteiger partial charge on any atom is 0.228 e. The van der Waals surface area contributed by atoms with Crippen LogP contribution < -0.4 is 10.6 Å². The maximum atomic E-state index is 12.2. The van der Waals surface area contributed by atoms with Gasteiger partial charge in [0, 0.05) is 64.3 Å². The summed E-state index contributed by atoms with van der Waals surface area (Å²) in [5.74, 6) is 8.69. The number of Topliss-reactive ketones (excluding diaryl/α,β-unsaturated/α-hetero) is 1. The maximum absolute atomic E-state index is 12.2. The highest BCUT2D eigenvalue weighted by Crippen LogP contribution is 2.32. The molecule has 0 unspecified atom stereocenters. The molecule has 2 N–H and O–H groups in total. The first-order valence-corrected chi connectivity index (χ1v) is 11.2. The molecule has 1 saturated carbocycles. The van der Waals surface area contributed by atoms with Gasteiger partial charge < -0.3 is 10.6 Å². The summed E-state index contributed by atoms with van der Waals surface area (Å²) in [7, 11) is 1.80. The van der Waals surface area contributed by atoms with E-state index in [0.717, 1.165) is 51.0 Å². The highest BCUT2D eigenvalue weighted by atomic mass is 32.2.